The fourth-order valence-electron chi connectivity index (χ4n) is 2.07. The minimum Gasteiger partial charge on any atom is -0.394 e. The molecule has 1 aromatic rings. The minimum absolute atomic E-state index is 0. The van der Waals surface area contributed by atoms with Crippen LogP contribution in [0, 0.1) is 63.7 Å². The Morgan fingerprint density at radius 2 is 1.36 bits per heavy atom. The Bertz CT molecular complexity index is 353. The molecule has 0 aromatic heterocycles. The molecule has 1 aromatic carbocycles. The predicted octanol–water partition coefficient (Wildman–Crippen LogP) is 2.73. The van der Waals surface area contributed by atoms with Crippen LogP contribution in [-0.4, -0.2) is 18.3 Å². The maximum atomic E-state index is 9.35. The molecule has 0 saturated heterocycles. The van der Waals surface area contributed by atoms with E-state index in [0.29, 0.717) is 0 Å². The van der Waals surface area contributed by atoms with Gasteiger partial charge in [0.05, 0.1) is 12.6 Å². The predicted molar refractivity (Wildman–Crippen MR) is 86.2 cm³/mol. The average Bonchev–Trinajstić information content (AvgIpc) is 3.25. The van der Waals surface area contributed by atoms with E-state index in [1.807, 2.05) is 75.3 Å². The minimum atomic E-state index is 0. The molecule has 0 aliphatic heterocycles. The van der Waals surface area contributed by atoms with Gasteiger partial charge in [-0.15, -0.1) is 0 Å². The van der Waals surface area contributed by atoms with E-state index >= 15 is 0 Å². The maximum absolute atomic E-state index is 9.35. The van der Waals surface area contributed by atoms with E-state index in [4.69, 9.17) is 0 Å². The van der Waals surface area contributed by atoms with Gasteiger partial charge in [-0.05, 0) is 69.3 Å². The second-order valence-corrected chi connectivity index (χ2v) is 4.78. The maximum Gasteiger partial charge on any atom is 2.00 e. The summed E-state index contributed by atoms with van der Waals surface area (Å²) in [5, 5.41) is 12.7. The van der Waals surface area contributed by atoms with Crippen LogP contribution in [0.3, 0.4) is 0 Å². The van der Waals surface area contributed by atoms with Gasteiger partial charge in [-0.2, -0.15) is 0 Å². The number of nitrogens with one attached hydrogen (secondary N) is 1. The van der Waals surface area contributed by atoms with Crippen molar-refractivity contribution < 1.29 is 22.2 Å². The van der Waals surface area contributed by atoms with E-state index in [0.717, 1.165) is 12.1 Å². The molecule has 0 unspecified atom stereocenters. The molecule has 114 valence electrons. The van der Waals surface area contributed by atoms with E-state index < -0.39 is 0 Å². The molecule has 2 aliphatic rings. The molecule has 3 heteroatoms. The molecule has 0 spiro atoms. The zero-order valence-electron chi connectivity index (χ0n) is 12.4. The van der Waals surface area contributed by atoms with Crippen molar-refractivity contribution in [2.75, 3.05) is 13.2 Å². The van der Waals surface area contributed by atoms with Gasteiger partial charge in [0.25, 0.3) is 0 Å². The van der Waals surface area contributed by atoms with Gasteiger partial charge < -0.3 is 10.4 Å². The summed E-state index contributed by atoms with van der Waals surface area (Å²) >= 11 is 0. The Balaban J connectivity index is 0.000000344. The summed E-state index contributed by atoms with van der Waals surface area (Å²) in [6, 6.07) is 10.0. The van der Waals surface area contributed by atoms with E-state index in [-0.39, 0.29) is 29.7 Å². The van der Waals surface area contributed by atoms with Gasteiger partial charge in [-0.1, -0.05) is 30.3 Å². The van der Waals surface area contributed by atoms with E-state index in [2.05, 4.69) is 18.2 Å². The number of rotatable bonds is 5. The normalized spacial score (nSPS) is 19.1. The van der Waals surface area contributed by atoms with Crippen molar-refractivity contribution in [1.29, 1.82) is 0 Å². The van der Waals surface area contributed by atoms with Crippen molar-refractivity contribution in [2.24, 2.45) is 0 Å². The van der Waals surface area contributed by atoms with E-state index in [1.165, 1.54) is 5.92 Å². The molecule has 2 fully saturated rings. The zero-order valence-corrected chi connectivity index (χ0v) is 13.5. The van der Waals surface area contributed by atoms with Crippen LogP contribution < -0.4 is 5.32 Å². The fraction of sp³-hybridized carbons (Fsp3) is 0.158. The van der Waals surface area contributed by atoms with Gasteiger partial charge >= 0.3 is 17.1 Å². The van der Waals surface area contributed by atoms with Gasteiger partial charge in [0.15, 0.2) is 0 Å². The summed E-state index contributed by atoms with van der Waals surface area (Å²) in [5.41, 5.74) is 1.12. The summed E-state index contributed by atoms with van der Waals surface area (Å²) in [7, 11) is 0. The standard InChI is InChI=1S/C14H16NO.C5H5.Fe/c16-11-14(13-8-2-1-3-9-13)15-10-12-6-4-5-7-12;1-2-4-5-3-1;/h1-9,14-16H,10-11H2;1-5H;/q;;+2/t14-;;/m0../s1. The third-order valence-electron chi connectivity index (χ3n) is 3.22. The Morgan fingerprint density at radius 3 is 1.86 bits per heavy atom. The summed E-state index contributed by atoms with van der Waals surface area (Å²) in [5.74, 6) is 1.24. The van der Waals surface area contributed by atoms with Crippen LogP contribution in [0.4, 0.5) is 0 Å². The fourth-order valence-corrected chi connectivity index (χ4v) is 2.07. The molecule has 2 N–H and O–H groups in total. The summed E-state index contributed by atoms with van der Waals surface area (Å²) in [4.78, 5) is 0. The first kappa shape index (κ1) is 19.7. The van der Waals surface area contributed by atoms with Gasteiger partial charge in [0.2, 0.25) is 0 Å². The zero-order chi connectivity index (χ0) is 14.8. The first-order valence-electron chi connectivity index (χ1n) is 7.16. The van der Waals surface area contributed by atoms with Gasteiger partial charge in [-0.3, -0.25) is 0 Å². The average molecular weight is 335 g/mol. The van der Waals surface area contributed by atoms with Crippen LogP contribution in [-0.2, 0) is 17.1 Å². The van der Waals surface area contributed by atoms with Crippen molar-refractivity contribution in [3.63, 3.8) is 0 Å². The third-order valence-corrected chi connectivity index (χ3v) is 3.22. The second kappa shape index (κ2) is 12.1. The summed E-state index contributed by atoms with van der Waals surface area (Å²) in [6.45, 7) is 0.901. The SMILES string of the molecule is OC[C@H](NC[C]1[CH][CH][CH][CH]1)c1ccccc1.[CH]1[CH][CH][CH][CH]1.[Fe+2]. The molecule has 0 amide bonds. The third kappa shape index (κ3) is 7.28. The van der Waals surface area contributed by atoms with E-state index in [1.54, 1.807) is 0 Å². The second-order valence-electron chi connectivity index (χ2n) is 4.78. The van der Waals surface area contributed by atoms with Gasteiger partial charge in [0.1, 0.15) is 0 Å². The number of hydrogen-bond donors (Lipinski definition) is 2. The quantitative estimate of drug-likeness (QED) is 0.811. The van der Waals surface area contributed by atoms with Crippen LogP contribution in [0.2, 0.25) is 0 Å². The van der Waals surface area contributed by atoms with Gasteiger partial charge in [0, 0.05) is 6.54 Å². The largest absolute Gasteiger partial charge is 2.00 e. The molecule has 22 heavy (non-hydrogen) atoms. The topological polar surface area (TPSA) is 32.3 Å². The number of hydrogen-bond acceptors (Lipinski definition) is 2. The van der Waals surface area contributed by atoms with Crippen LogP contribution >= 0.6 is 0 Å². The van der Waals surface area contributed by atoms with Crippen molar-refractivity contribution >= 4 is 0 Å². The Labute approximate surface area is 146 Å². The van der Waals surface area contributed by atoms with E-state index in [9.17, 15) is 5.11 Å². The van der Waals surface area contributed by atoms with Crippen molar-refractivity contribution in [3.05, 3.63) is 99.6 Å². The molecule has 3 rings (SSSR count). The van der Waals surface area contributed by atoms with Crippen LogP contribution in [0.5, 0.6) is 0 Å². The Morgan fingerprint density at radius 1 is 0.818 bits per heavy atom. The first-order chi connectivity index (χ1) is 10.4. The summed E-state index contributed by atoms with van der Waals surface area (Å²) < 4.78 is 0. The van der Waals surface area contributed by atoms with Crippen LogP contribution in [0.25, 0.3) is 0 Å². The molecule has 2 nitrogen and oxygen atoms in total. The number of aliphatic hydroxyl groups is 1. The summed E-state index contributed by atoms with van der Waals surface area (Å²) in [6.07, 6.45) is 18.2. The molecule has 10 radical (unpaired) electrons. The van der Waals surface area contributed by atoms with Crippen LogP contribution in [0.15, 0.2) is 30.3 Å². The number of benzene rings is 1. The molecule has 1 atom stereocenters. The van der Waals surface area contributed by atoms with Crippen LogP contribution in [0.1, 0.15) is 11.6 Å². The first-order valence-corrected chi connectivity index (χ1v) is 7.16. The van der Waals surface area contributed by atoms with Crippen molar-refractivity contribution in [3.8, 4) is 0 Å². The molecule has 2 saturated carbocycles. The number of aliphatic hydroxyl groups excluding tert-OH is 1. The van der Waals surface area contributed by atoms with Crippen molar-refractivity contribution in [2.45, 2.75) is 6.04 Å². The molecular formula is C19H21FeNO+2. The molecule has 2 aliphatic carbocycles. The smallest absolute Gasteiger partial charge is 0.394 e. The molecule has 0 bridgehead atoms. The molecule has 0 heterocycles. The Kier molecular flexibility index (Phi) is 10.9. The molecular weight excluding hydrogens is 314 g/mol. The Hall–Kier alpha value is -0.341. The van der Waals surface area contributed by atoms with Crippen molar-refractivity contribution in [1.82, 2.24) is 5.32 Å². The van der Waals surface area contributed by atoms with Gasteiger partial charge in [-0.25, -0.2) is 0 Å². The monoisotopic (exact) mass is 335 g/mol.